The van der Waals surface area contributed by atoms with E-state index in [9.17, 15) is 5.11 Å². The Hall–Kier alpha value is -1.27. The van der Waals surface area contributed by atoms with Crippen LogP contribution in [0.3, 0.4) is 0 Å². The molecule has 0 aliphatic heterocycles. The highest BCUT2D eigenvalue weighted by molar-refractivity contribution is 9.10. The molecule has 0 saturated heterocycles. The molecule has 5 nitrogen and oxygen atoms in total. The molecule has 2 rings (SSSR count). The lowest BCUT2D eigenvalue weighted by molar-refractivity contribution is 0.164. The summed E-state index contributed by atoms with van der Waals surface area (Å²) in [4.78, 5) is 0. The third-order valence-corrected chi connectivity index (χ3v) is 3.55. The Morgan fingerprint density at radius 2 is 2.21 bits per heavy atom. The number of rotatable bonds is 6. The molecule has 0 amide bonds. The van der Waals surface area contributed by atoms with Gasteiger partial charge in [0.2, 0.25) is 0 Å². The van der Waals surface area contributed by atoms with Crippen molar-refractivity contribution in [2.24, 2.45) is 0 Å². The Morgan fingerprint density at radius 1 is 1.37 bits per heavy atom. The number of H-pyrrole nitrogens is 1. The standard InChI is InChI=1S/C13H17BrN4O/c1-2-3-4-5-12(19)10-7-6-9(14)8-11(10)13-15-17-18-16-13/h6-8,12,19H,2-5H2,1H3,(H,15,16,17,18)/t12-/m0/s1. The number of aromatic amines is 1. The number of aromatic nitrogens is 4. The zero-order valence-electron chi connectivity index (χ0n) is 10.8. The van der Waals surface area contributed by atoms with Gasteiger partial charge in [-0.25, -0.2) is 5.10 Å². The van der Waals surface area contributed by atoms with Gasteiger partial charge < -0.3 is 5.11 Å². The second-order valence-corrected chi connectivity index (χ2v) is 5.41. The van der Waals surface area contributed by atoms with Crippen molar-refractivity contribution < 1.29 is 5.11 Å². The normalized spacial score (nSPS) is 12.6. The number of aliphatic hydroxyl groups is 1. The van der Waals surface area contributed by atoms with E-state index >= 15 is 0 Å². The lowest BCUT2D eigenvalue weighted by Crippen LogP contribution is -2.01. The van der Waals surface area contributed by atoms with Gasteiger partial charge in [-0.1, -0.05) is 48.2 Å². The molecule has 6 heteroatoms. The second kappa shape index (κ2) is 6.77. The van der Waals surface area contributed by atoms with Crippen LogP contribution in [0, 0.1) is 0 Å². The van der Waals surface area contributed by atoms with Crippen LogP contribution in [0.15, 0.2) is 22.7 Å². The fourth-order valence-corrected chi connectivity index (χ4v) is 2.40. The molecule has 19 heavy (non-hydrogen) atoms. The van der Waals surface area contributed by atoms with Crippen LogP contribution in [0.2, 0.25) is 0 Å². The molecular weight excluding hydrogens is 308 g/mol. The Labute approximate surface area is 120 Å². The SMILES string of the molecule is CCCCC[C@H](O)c1ccc(Br)cc1-c1nnn[nH]1. The average molecular weight is 325 g/mol. The number of benzene rings is 1. The van der Waals surface area contributed by atoms with Crippen LogP contribution in [0.4, 0.5) is 0 Å². The van der Waals surface area contributed by atoms with Gasteiger partial charge in [0, 0.05) is 10.0 Å². The van der Waals surface area contributed by atoms with Crippen LogP contribution < -0.4 is 0 Å². The number of nitrogens with one attached hydrogen (secondary N) is 1. The van der Waals surface area contributed by atoms with E-state index in [0.29, 0.717) is 5.82 Å². The maximum atomic E-state index is 10.3. The molecule has 0 radical (unpaired) electrons. The van der Waals surface area contributed by atoms with E-state index in [1.807, 2.05) is 18.2 Å². The van der Waals surface area contributed by atoms with Crippen LogP contribution in [0.25, 0.3) is 11.4 Å². The molecule has 102 valence electrons. The lowest BCUT2D eigenvalue weighted by Gasteiger charge is -2.14. The van der Waals surface area contributed by atoms with Crippen LogP contribution in [0.1, 0.15) is 44.3 Å². The maximum absolute atomic E-state index is 10.3. The van der Waals surface area contributed by atoms with Gasteiger partial charge in [0.15, 0.2) is 5.82 Å². The molecule has 1 heterocycles. The van der Waals surface area contributed by atoms with E-state index in [2.05, 4.69) is 43.5 Å². The highest BCUT2D eigenvalue weighted by Crippen LogP contribution is 2.31. The Kier molecular flexibility index (Phi) is 5.04. The zero-order chi connectivity index (χ0) is 13.7. The van der Waals surface area contributed by atoms with E-state index in [-0.39, 0.29) is 0 Å². The fraction of sp³-hybridized carbons (Fsp3) is 0.462. The van der Waals surface area contributed by atoms with Crippen LogP contribution in [0.5, 0.6) is 0 Å². The summed E-state index contributed by atoms with van der Waals surface area (Å²) in [5.74, 6) is 0.575. The third kappa shape index (κ3) is 3.61. The summed E-state index contributed by atoms with van der Waals surface area (Å²) in [6.07, 6.45) is 3.56. The van der Waals surface area contributed by atoms with Crippen molar-refractivity contribution in [2.75, 3.05) is 0 Å². The van der Waals surface area contributed by atoms with E-state index in [1.54, 1.807) is 0 Å². The molecular formula is C13H17BrN4O. The van der Waals surface area contributed by atoms with E-state index in [1.165, 1.54) is 0 Å². The van der Waals surface area contributed by atoms with Gasteiger partial charge in [0.05, 0.1) is 6.10 Å². The molecule has 2 aromatic rings. The van der Waals surface area contributed by atoms with Crippen LogP contribution in [-0.2, 0) is 0 Å². The fourth-order valence-electron chi connectivity index (χ4n) is 2.04. The van der Waals surface area contributed by atoms with Gasteiger partial charge in [-0.2, -0.15) is 0 Å². The van der Waals surface area contributed by atoms with Crippen LogP contribution in [-0.4, -0.2) is 25.7 Å². The lowest BCUT2D eigenvalue weighted by atomic mass is 9.98. The Morgan fingerprint density at radius 3 is 2.89 bits per heavy atom. The van der Waals surface area contributed by atoms with Crippen LogP contribution >= 0.6 is 15.9 Å². The largest absolute Gasteiger partial charge is 0.388 e. The number of halogens is 1. The molecule has 0 unspecified atom stereocenters. The summed E-state index contributed by atoms with van der Waals surface area (Å²) in [6.45, 7) is 2.15. The molecule has 0 bridgehead atoms. The van der Waals surface area contributed by atoms with E-state index in [0.717, 1.165) is 41.3 Å². The van der Waals surface area contributed by atoms with Crippen molar-refractivity contribution in [3.05, 3.63) is 28.2 Å². The van der Waals surface area contributed by atoms with E-state index < -0.39 is 6.10 Å². The van der Waals surface area contributed by atoms with Gasteiger partial charge in [0.1, 0.15) is 0 Å². The molecule has 2 N–H and O–H groups in total. The van der Waals surface area contributed by atoms with Crippen molar-refractivity contribution >= 4 is 15.9 Å². The number of aliphatic hydroxyl groups excluding tert-OH is 1. The van der Waals surface area contributed by atoms with Gasteiger partial charge in [0.25, 0.3) is 0 Å². The average Bonchev–Trinajstić information content (AvgIpc) is 2.92. The minimum atomic E-state index is -0.486. The van der Waals surface area contributed by atoms with Gasteiger partial charge in [-0.15, -0.1) is 5.10 Å². The van der Waals surface area contributed by atoms with Crippen molar-refractivity contribution in [1.82, 2.24) is 20.6 Å². The van der Waals surface area contributed by atoms with E-state index in [4.69, 9.17) is 0 Å². The predicted octanol–water partition coefficient (Wildman–Crippen LogP) is 3.24. The Balaban J connectivity index is 2.24. The smallest absolute Gasteiger partial charge is 0.179 e. The predicted molar refractivity (Wildman–Crippen MR) is 76.4 cm³/mol. The monoisotopic (exact) mass is 324 g/mol. The van der Waals surface area contributed by atoms with Gasteiger partial charge >= 0.3 is 0 Å². The minimum absolute atomic E-state index is 0.486. The molecule has 1 atom stereocenters. The van der Waals surface area contributed by atoms with Crippen molar-refractivity contribution in [3.63, 3.8) is 0 Å². The summed E-state index contributed by atoms with van der Waals surface area (Å²) in [6, 6.07) is 5.75. The number of unbranched alkanes of at least 4 members (excludes halogenated alkanes) is 2. The number of nitrogens with zero attached hydrogens (tertiary/aromatic N) is 3. The van der Waals surface area contributed by atoms with Crippen molar-refractivity contribution in [1.29, 1.82) is 0 Å². The molecule has 1 aromatic heterocycles. The topological polar surface area (TPSA) is 74.7 Å². The maximum Gasteiger partial charge on any atom is 0.179 e. The zero-order valence-corrected chi connectivity index (χ0v) is 12.4. The summed E-state index contributed by atoms with van der Waals surface area (Å²) in [7, 11) is 0. The molecule has 0 spiro atoms. The highest BCUT2D eigenvalue weighted by atomic mass is 79.9. The first-order chi connectivity index (χ1) is 9.22. The molecule has 0 fully saturated rings. The minimum Gasteiger partial charge on any atom is -0.388 e. The quantitative estimate of drug-likeness (QED) is 0.800. The van der Waals surface area contributed by atoms with Gasteiger partial charge in [-0.05, 0) is 34.5 Å². The van der Waals surface area contributed by atoms with Gasteiger partial charge in [-0.3, -0.25) is 0 Å². The summed E-state index contributed by atoms with van der Waals surface area (Å²) in [5.41, 5.74) is 1.70. The first-order valence-electron chi connectivity index (χ1n) is 6.44. The summed E-state index contributed by atoms with van der Waals surface area (Å²) >= 11 is 3.43. The molecule has 0 aliphatic carbocycles. The van der Waals surface area contributed by atoms with Crippen molar-refractivity contribution in [3.8, 4) is 11.4 Å². The number of hydrogen-bond acceptors (Lipinski definition) is 4. The molecule has 0 saturated carbocycles. The highest BCUT2D eigenvalue weighted by Gasteiger charge is 2.16. The molecule has 1 aromatic carbocycles. The number of hydrogen-bond donors (Lipinski definition) is 2. The Bertz CT molecular complexity index is 515. The first-order valence-corrected chi connectivity index (χ1v) is 7.23. The molecule has 0 aliphatic rings. The summed E-state index contributed by atoms with van der Waals surface area (Å²) in [5, 5.41) is 24.2. The van der Waals surface area contributed by atoms with Crippen molar-refractivity contribution in [2.45, 2.75) is 38.7 Å². The summed E-state index contributed by atoms with van der Waals surface area (Å²) < 4.78 is 0.934. The second-order valence-electron chi connectivity index (χ2n) is 4.49. The third-order valence-electron chi connectivity index (χ3n) is 3.06. The number of tetrazole rings is 1. The first kappa shape index (κ1) is 14.1.